The zero-order valence-electron chi connectivity index (χ0n) is 18.3. The fourth-order valence-corrected chi connectivity index (χ4v) is 6.17. The predicted octanol–water partition coefficient (Wildman–Crippen LogP) is 1.92. The molecule has 1 amide bonds. The lowest BCUT2D eigenvalue weighted by molar-refractivity contribution is -0.144. The number of halogens is 3. The van der Waals surface area contributed by atoms with E-state index in [0.29, 0.717) is 5.02 Å². The summed E-state index contributed by atoms with van der Waals surface area (Å²) < 4.78 is 52.2. The highest BCUT2D eigenvalue weighted by Gasteiger charge is 2.51. The van der Waals surface area contributed by atoms with E-state index in [-0.39, 0.29) is 60.7 Å². The summed E-state index contributed by atoms with van der Waals surface area (Å²) in [7, 11) is -3.95. The van der Waals surface area contributed by atoms with Crippen LogP contribution in [0.15, 0.2) is 41.3 Å². The molecule has 0 unspecified atom stereocenters. The molecule has 2 fully saturated rings. The van der Waals surface area contributed by atoms with Gasteiger partial charge in [0.05, 0.1) is 30.4 Å². The van der Waals surface area contributed by atoms with E-state index in [0.717, 1.165) is 6.07 Å². The first-order valence-electron chi connectivity index (χ1n) is 10.4. The molecule has 2 aromatic rings. The Labute approximate surface area is 211 Å². The van der Waals surface area contributed by atoms with Gasteiger partial charge in [-0.3, -0.25) is 4.79 Å². The lowest BCUT2D eigenvalue weighted by Crippen LogP contribution is -2.70. The molecule has 3 N–H and O–H groups in total. The predicted molar refractivity (Wildman–Crippen MR) is 125 cm³/mol. The van der Waals surface area contributed by atoms with E-state index in [1.807, 2.05) is 0 Å². The number of hydrogen-bond acceptors (Lipinski definition) is 7. The van der Waals surface area contributed by atoms with Gasteiger partial charge in [-0.15, -0.1) is 0 Å². The Bertz CT molecular complexity index is 1310. The maximum absolute atomic E-state index is 14.0. The zero-order chi connectivity index (χ0) is 25.4. The Morgan fingerprint density at radius 2 is 1.97 bits per heavy atom. The quantitative estimate of drug-likeness (QED) is 0.520. The van der Waals surface area contributed by atoms with Crippen LogP contribution in [0, 0.1) is 22.6 Å². The van der Waals surface area contributed by atoms with Crippen LogP contribution in [0.5, 0.6) is 5.75 Å². The number of ether oxygens (including phenoxy) is 2. The van der Waals surface area contributed by atoms with Gasteiger partial charge in [-0.2, -0.15) is 9.57 Å². The fraction of sp³-hybridized carbons (Fsp3) is 0.364. The van der Waals surface area contributed by atoms with E-state index in [2.05, 4.69) is 5.32 Å². The number of carbonyl (C=O) groups excluding carboxylic acids is 1. The van der Waals surface area contributed by atoms with Crippen LogP contribution in [-0.4, -0.2) is 63.6 Å². The van der Waals surface area contributed by atoms with Crippen LogP contribution >= 0.6 is 23.2 Å². The highest BCUT2D eigenvalue weighted by molar-refractivity contribution is 7.89. The van der Waals surface area contributed by atoms with Crippen molar-refractivity contribution in [3.05, 3.63) is 57.8 Å². The third kappa shape index (κ3) is 5.09. The van der Waals surface area contributed by atoms with E-state index in [1.54, 1.807) is 6.07 Å². The molecule has 0 atom stereocenters. The number of nitrogens with two attached hydrogens (primary N) is 1. The van der Waals surface area contributed by atoms with Gasteiger partial charge in [0.25, 0.3) is 0 Å². The van der Waals surface area contributed by atoms with Gasteiger partial charge < -0.3 is 20.5 Å². The largest absolute Gasteiger partial charge is 0.493 e. The molecule has 0 aromatic heterocycles. The van der Waals surface area contributed by atoms with Crippen molar-refractivity contribution in [3.63, 3.8) is 0 Å². The topological polar surface area (TPSA) is 135 Å². The summed E-state index contributed by atoms with van der Waals surface area (Å²) in [6, 6.07) is 9.62. The van der Waals surface area contributed by atoms with Gasteiger partial charge >= 0.3 is 0 Å². The molecule has 0 aliphatic carbocycles. The highest BCUT2D eigenvalue weighted by Crippen LogP contribution is 2.38. The second kappa shape index (κ2) is 9.54. The van der Waals surface area contributed by atoms with E-state index < -0.39 is 32.7 Å². The zero-order valence-corrected chi connectivity index (χ0v) is 20.6. The number of carbonyl (C=O) groups is 1. The number of amides is 1. The van der Waals surface area contributed by atoms with Crippen molar-refractivity contribution in [2.45, 2.75) is 10.4 Å². The highest BCUT2D eigenvalue weighted by atomic mass is 35.5. The van der Waals surface area contributed by atoms with Gasteiger partial charge in [-0.05, 0) is 30.3 Å². The summed E-state index contributed by atoms with van der Waals surface area (Å²) in [5.74, 6) is -0.996. The average Bonchev–Trinajstić information content (AvgIpc) is 2.75. The maximum atomic E-state index is 14.0. The standard InChI is InChI=1S/C22H21Cl2FN4O5S/c23-15-2-4-19(17(24)5-15)35(31,32)29-9-21(10-29,8-28-20(30)22(27)12-33-13-22)11-34-16-3-1-14(7-26)18(25)6-16/h1-6H,8-13,27H2,(H,28,30). The second-order valence-electron chi connectivity index (χ2n) is 8.72. The van der Waals surface area contributed by atoms with Crippen LogP contribution in [0.2, 0.25) is 10.0 Å². The van der Waals surface area contributed by atoms with E-state index >= 15 is 0 Å². The normalized spacial score (nSPS) is 18.6. The Morgan fingerprint density at radius 3 is 2.54 bits per heavy atom. The fourth-order valence-electron chi connectivity index (χ4n) is 3.76. The maximum Gasteiger partial charge on any atom is 0.244 e. The first-order chi connectivity index (χ1) is 16.5. The SMILES string of the molecule is N#Cc1ccc(OCC2(CNC(=O)C3(N)COC3)CN(S(=O)(=O)c3ccc(Cl)cc3Cl)C2)cc1F. The average molecular weight is 543 g/mol. The summed E-state index contributed by atoms with van der Waals surface area (Å²) in [6.07, 6.45) is 0. The summed E-state index contributed by atoms with van der Waals surface area (Å²) >= 11 is 12.0. The smallest absolute Gasteiger partial charge is 0.244 e. The molecule has 2 aliphatic rings. The molecule has 0 saturated carbocycles. The number of benzene rings is 2. The van der Waals surface area contributed by atoms with Gasteiger partial charge in [-0.1, -0.05) is 23.2 Å². The summed E-state index contributed by atoms with van der Waals surface area (Å²) in [6.45, 7) is 0.199. The minimum absolute atomic E-state index is 0.00139. The lowest BCUT2D eigenvalue weighted by Gasteiger charge is -2.49. The molecule has 35 heavy (non-hydrogen) atoms. The number of hydrogen-bond donors (Lipinski definition) is 2. The Morgan fingerprint density at radius 1 is 1.26 bits per heavy atom. The molecule has 2 heterocycles. The molecule has 4 rings (SSSR count). The molecular weight excluding hydrogens is 522 g/mol. The van der Waals surface area contributed by atoms with Crippen LogP contribution in [-0.2, 0) is 19.6 Å². The van der Waals surface area contributed by atoms with Crippen molar-refractivity contribution in [1.82, 2.24) is 9.62 Å². The number of nitrogens with zero attached hydrogens (tertiary/aromatic N) is 2. The van der Waals surface area contributed by atoms with Crippen molar-refractivity contribution in [3.8, 4) is 11.8 Å². The van der Waals surface area contributed by atoms with E-state index in [1.165, 1.54) is 34.6 Å². The number of sulfonamides is 1. The van der Waals surface area contributed by atoms with Crippen LogP contribution in [0.3, 0.4) is 0 Å². The van der Waals surface area contributed by atoms with Crippen LogP contribution < -0.4 is 15.8 Å². The molecule has 2 saturated heterocycles. The minimum atomic E-state index is -3.95. The minimum Gasteiger partial charge on any atom is -0.493 e. The van der Waals surface area contributed by atoms with Gasteiger partial charge in [0.2, 0.25) is 15.9 Å². The first kappa shape index (κ1) is 25.6. The van der Waals surface area contributed by atoms with Crippen LogP contribution in [0.25, 0.3) is 0 Å². The van der Waals surface area contributed by atoms with Crippen molar-refractivity contribution in [2.75, 3.05) is 39.5 Å². The Kier molecular flexibility index (Phi) is 6.98. The summed E-state index contributed by atoms with van der Waals surface area (Å²) in [5.41, 5.74) is 3.89. The molecule has 0 bridgehead atoms. The van der Waals surface area contributed by atoms with Gasteiger partial charge in [0.1, 0.15) is 28.1 Å². The van der Waals surface area contributed by atoms with Gasteiger partial charge in [0, 0.05) is 36.1 Å². The van der Waals surface area contributed by atoms with E-state index in [9.17, 15) is 17.6 Å². The Hall–Kier alpha value is -2.46. The lowest BCUT2D eigenvalue weighted by atomic mass is 9.82. The van der Waals surface area contributed by atoms with Crippen molar-refractivity contribution < 1.29 is 27.1 Å². The van der Waals surface area contributed by atoms with Crippen LogP contribution in [0.1, 0.15) is 5.56 Å². The number of nitriles is 1. The second-order valence-corrected chi connectivity index (χ2v) is 11.5. The molecule has 0 radical (unpaired) electrons. The molecule has 9 nitrogen and oxygen atoms in total. The number of nitrogens with one attached hydrogen (secondary N) is 1. The molecule has 2 aliphatic heterocycles. The monoisotopic (exact) mass is 542 g/mol. The third-order valence-electron chi connectivity index (χ3n) is 5.94. The summed E-state index contributed by atoms with van der Waals surface area (Å²) in [4.78, 5) is 12.4. The van der Waals surface area contributed by atoms with Gasteiger partial charge in [0.15, 0.2) is 0 Å². The van der Waals surface area contributed by atoms with Crippen molar-refractivity contribution in [1.29, 1.82) is 5.26 Å². The molecular formula is C22H21Cl2FN4O5S. The number of rotatable bonds is 8. The van der Waals surface area contributed by atoms with Crippen molar-refractivity contribution >= 4 is 39.1 Å². The molecule has 13 heteroatoms. The third-order valence-corrected chi connectivity index (χ3v) is 8.45. The summed E-state index contributed by atoms with van der Waals surface area (Å²) in [5, 5.41) is 11.9. The van der Waals surface area contributed by atoms with E-state index in [4.69, 9.17) is 43.7 Å². The van der Waals surface area contributed by atoms with Crippen LogP contribution in [0.4, 0.5) is 4.39 Å². The molecule has 186 valence electrons. The van der Waals surface area contributed by atoms with Gasteiger partial charge in [-0.25, -0.2) is 12.8 Å². The Balaban J connectivity index is 1.50. The molecule has 0 spiro atoms. The van der Waals surface area contributed by atoms with Crippen molar-refractivity contribution in [2.24, 2.45) is 11.1 Å². The molecule has 2 aromatic carbocycles. The first-order valence-corrected chi connectivity index (χ1v) is 12.6.